The highest BCUT2D eigenvalue weighted by atomic mass is 16.7. The van der Waals surface area contributed by atoms with Gasteiger partial charge in [-0.05, 0) is 24.1 Å². The van der Waals surface area contributed by atoms with Gasteiger partial charge < -0.3 is 19.7 Å². The fourth-order valence-electron chi connectivity index (χ4n) is 2.82. The lowest BCUT2D eigenvalue weighted by Gasteiger charge is -2.21. The van der Waals surface area contributed by atoms with Crippen molar-refractivity contribution in [3.05, 3.63) is 54.1 Å². The summed E-state index contributed by atoms with van der Waals surface area (Å²) in [7, 11) is 0. The number of anilines is 1. The summed E-state index contributed by atoms with van der Waals surface area (Å²) in [4.78, 5) is 25.6. The van der Waals surface area contributed by atoms with Gasteiger partial charge in [0.1, 0.15) is 0 Å². The molecule has 0 spiro atoms. The predicted molar refractivity (Wildman–Crippen MR) is 98.4 cm³/mol. The van der Waals surface area contributed by atoms with E-state index < -0.39 is 0 Å². The molecule has 0 radical (unpaired) electrons. The Labute approximate surface area is 152 Å². The van der Waals surface area contributed by atoms with Gasteiger partial charge in [-0.1, -0.05) is 30.3 Å². The molecule has 1 aliphatic heterocycles. The lowest BCUT2D eigenvalue weighted by Crippen LogP contribution is -2.37. The van der Waals surface area contributed by atoms with E-state index in [1.54, 1.807) is 17.0 Å². The number of carbonyl (C=O) groups excluding carboxylic acids is 2. The van der Waals surface area contributed by atoms with Crippen LogP contribution in [0.4, 0.5) is 5.69 Å². The second kappa shape index (κ2) is 8.38. The average Bonchev–Trinajstić information content (AvgIpc) is 3.12. The molecule has 0 aromatic heterocycles. The molecule has 1 N–H and O–H groups in total. The molecular weight excluding hydrogens is 332 g/mol. The first-order valence-electron chi connectivity index (χ1n) is 8.62. The number of rotatable bonds is 7. The molecule has 0 saturated carbocycles. The molecule has 6 nitrogen and oxygen atoms in total. The first kappa shape index (κ1) is 17.8. The molecule has 0 unspecified atom stereocenters. The number of hydrogen-bond acceptors (Lipinski definition) is 4. The number of nitrogens with zero attached hydrogens (tertiary/aromatic N) is 1. The molecule has 0 bridgehead atoms. The summed E-state index contributed by atoms with van der Waals surface area (Å²) in [5.41, 5.74) is 1.86. The first-order chi connectivity index (χ1) is 12.6. The van der Waals surface area contributed by atoms with E-state index in [2.05, 4.69) is 5.32 Å². The van der Waals surface area contributed by atoms with Crippen LogP contribution in [0.25, 0.3) is 0 Å². The van der Waals surface area contributed by atoms with Crippen LogP contribution in [0, 0.1) is 0 Å². The molecule has 136 valence electrons. The molecule has 3 rings (SSSR count). The normalized spacial score (nSPS) is 11.9. The summed E-state index contributed by atoms with van der Waals surface area (Å²) in [6.07, 6.45) is 1.12. The van der Waals surface area contributed by atoms with Crippen LogP contribution in [0.15, 0.2) is 48.5 Å². The van der Waals surface area contributed by atoms with Crippen LogP contribution in [0.2, 0.25) is 0 Å². The second-order valence-corrected chi connectivity index (χ2v) is 6.04. The van der Waals surface area contributed by atoms with Gasteiger partial charge in [-0.3, -0.25) is 9.59 Å². The number of ether oxygens (including phenoxy) is 2. The molecule has 2 amide bonds. The minimum Gasteiger partial charge on any atom is -0.454 e. The molecule has 2 aromatic rings. The third kappa shape index (κ3) is 4.53. The zero-order valence-corrected chi connectivity index (χ0v) is 14.7. The van der Waals surface area contributed by atoms with Gasteiger partial charge >= 0.3 is 0 Å². The Balaban J connectivity index is 1.49. The van der Waals surface area contributed by atoms with Crippen molar-refractivity contribution in [2.75, 3.05) is 24.8 Å². The SMILES string of the molecule is CC(=O)N(CCNC(=O)CCc1ccccc1)c1ccc2c(c1)OCO2. The van der Waals surface area contributed by atoms with Crippen molar-refractivity contribution in [2.24, 2.45) is 0 Å². The Morgan fingerprint density at radius 2 is 1.85 bits per heavy atom. The van der Waals surface area contributed by atoms with Gasteiger partial charge in [-0.25, -0.2) is 0 Å². The average molecular weight is 354 g/mol. The van der Waals surface area contributed by atoms with Crippen LogP contribution in [-0.2, 0) is 16.0 Å². The summed E-state index contributed by atoms with van der Waals surface area (Å²) >= 11 is 0. The smallest absolute Gasteiger partial charge is 0.231 e. The van der Waals surface area contributed by atoms with Gasteiger partial charge in [0.05, 0.1) is 0 Å². The van der Waals surface area contributed by atoms with Crippen molar-refractivity contribution in [1.82, 2.24) is 5.32 Å². The minimum atomic E-state index is -0.0950. The first-order valence-corrected chi connectivity index (χ1v) is 8.62. The molecule has 1 heterocycles. The molecular formula is C20H22N2O4. The number of benzene rings is 2. The maximum Gasteiger partial charge on any atom is 0.231 e. The van der Waals surface area contributed by atoms with Crippen LogP contribution >= 0.6 is 0 Å². The maximum atomic E-state index is 12.0. The number of nitrogens with one attached hydrogen (secondary N) is 1. The standard InChI is InChI=1S/C20H22N2O4/c1-15(23)22(17-8-9-18-19(13-17)26-14-25-18)12-11-21-20(24)10-7-16-5-3-2-4-6-16/h2-6,8-9,13H,7,10-12,14H2,1H3,(H,21,24). The van der Waals surface area contributed by atoms with E-state index in [1.165, 1.54) is 6.92 Å². The lowest BCUT2D eigenvalue weighted by molar-refractivity contribution is -0.121. The van der Waals surface area contributed by atoms with Crippen LogP contribution in [0.1, 0.15) is 18.9 Å². The molecule has 2 aromatic carbocycles. The Kier molecular flexibility index (Phi) is 5.73. The minimum absolute atomic E-state index is 0.0250. The largest absolute Gasteiger partial charge is 0.454 e. The molecule has 6 heteroatoms. The summed E-state index contributed by atoms with van der Waals surface area (Å²) < 4.78 is 10.6. The summed E-state index contributed by atoms with van der Waals surface area (Å²) in [6, 6.07) is 15.3. The summed E-state index contributed by atoms with van der Waals surface area (Å²) in [6.45, 7) is 2.48. The van der Waals surface area contributed by atoms with Crippen molar-refractivity contribution < 1.29 is 19.1 Å². The van der Waals surface area contributed by atoms with E-state index in [0.717, 1.165) is 11.3 Å². The van der Waals surface area contributed by atoms with E-state index in [0.29, 0.717) is 37.4 Å². The fourth-order valence-corrected chi connectivity index (χ4v) is 2.82. The van der Waals surface area contributed by atoms with Crippen molar-refractivity contribution >= 4 is 17.5 Å². The number of fused-ring (bicyclic) bond motifs is 1. The van der Waals surface area contributed by atoms with Gasteiger partial charge in [-0.2, -0.15) is 0 Å². The topological polar surface area (TPSA) is 67.9 Å². The maximum absolute atomic E-state index is 12.0. The molecule has 0 atom stereocenters. The van der Waals surface area contributed by atoms with E-state index in [-0.39, 0.29) is 18.6 Å². The van der Waals surface area contributed by atoms with Crippen LogP contribution in [-0.4, -0.2) is 31.7 Å². The van der Waals surface area contributed by atoms with E-state index in [1.807, 2.05) is 36.4 Å². The van der Waals surface area contributed by atoms with Crippen LogP contribution < -0.4 is 19.7 Å². The quantitative estimate of drug-likeness (QED) is 0.830. The highest BCUT2D eigenvalue weighted by Crippen LogP contribution is 2.35. The molecule has 0 fully saturated rings. The lowest BCUT2D eigenvalue weighted by atomic mass is 10.1. The van der Waals surface area contributed by atoms with E-state index in [9.17, 15) is 9.59 Å². The monoisotopic (exact) mass is 354 g/mol. The van der Waals surface area contributed by atoms with Gasteiger partial charge in [0.15, 0.2) is 11.5 Å². The van der Waals surface area contributed by atoms with Crippen molar-refractivity contribution in [3.8, 4) is 11.5 Å². The van der Waals surface area contributed by atoms with Gasteiger partial charge in [0, 0.05) is 38.2 Å². The zero-order chi connectivity index (χ0) is 18.4. The predicted octanol–water partition coefficient (Wildman–Crippen LogP) is 2.52. The van der Waals surface area contributed by atoms with Crippen LogP contribution in [0.5, 0.6) is 11.5 Å². The Hall–Kier alpha value is -3.02. The van der Waals surface area contributed by atoms with E-state index >= 15 is 0 Å². The van der Waals surface area contributed by atoms with Crippen LogP contribution in [0.3, 0.4) is 0 Å². The van der Waals surface area contributed by atoms with Crippen molar-refractivity contribution in [3.63, 3.8) is 0 Å². The number of carbonyl (C=O) groups is 2. The Morgan fingerprint density at radius 1 is 1.08 bits per heavy atom. The summed E-state index contributed by atoms with van der Waals surface area (Å²) in [5, 5.41) is 2.87. The number of hydrogen-bond donors (Lipinski definition) is 1. The molecule has 0 saturated heterocycles. The van der Waals surface area contributed by atoms with Crippen molar-refractivity contribution in [1.29, 1.82) is 0 Å². The third-order valence-electron chi connectivity index (χ3n) is 4.19. The third-order valence-corrected chi connectivity index (χ3v) is 4.19. The highest BCUT2D eigenvalue weighted by Gasteiger charge is 2.18. The number of aryl methyl sites for hydroxylation is 1. The van der Waals surface area contributed by atoms with Crippen molar-refractivity contribution in [2.45, 2.75) is 19.8 Å². The molecule has 26 heavy (non-hydrogen) atoms. The zero-order valence-electron chi connectivity index (χ0n) is 14.7. The Bertz CT molecular complexity index is 777. The molecule has 1 aliphatic rings. The highest BCUT2D eigenvalue weighted by molar-refractivity contribution is 5.92. The van der Waals surface area contributed by atoms with Gasteiger partial charge in [-0.15, -0.1) is 0 Å². The van der Waals surface area contributed by atoms with E-state index in [4.69, 9.17) is 9.47 Å². The van der Waals surface area contributed by atoms with Gasteiger partial charge in [0.2, 0.25) is 18.6 Å². The Morgan fingerprint density at radius 3 is 2.62 bits per heavy atom. The fraction of sp³-hybridized carbons (Fsp3) is 0.300. The second-order valence-electron chi connectivity index (χ2n) is 6.04. The van der Waals surface area contributed by atoms with Gasteiger partial charge in [0.25, 0.3) is 0 Å². The molecule has 0 aliphatic carbocycles. The number of amides is 2. The summed E-state index contributed by atoms with van der Waals surface area (Å²) in [5.74, 6) is 1.18.